The topological polar surface area (TPSA) is 49.3 Å². The number of aromatic nitrogens is 2. The van der Waals surface area contributed by atoms with Crippen molar-refractivity contribution in [2.24, 2.45) is 11.8 Å². The van der Waals surface area contributed by atoms with Crippen molar-refractivity contribution in [3.8, 4) is 0 Å². The predicted octanol–water partition coefficient (Wildman–Crippen LogP) is 1.80. The highest BCUT2D eigenvalue weighted by molar-refractivity contribution is 5.81. The maximum Gasteiger partial charge on any atom is 0.433 e. The number of amides is 1. The molecule has 1 aromatic rings. The third kappa shape index (κ3) is 3.00. The summed E-state index contributed by atoms with van der Waals surface area (Å²) in [4.78, 5) is 23.1. The Balaban J connectivity index is 1.63. The van der Waals surface area contributed by atoms with Crippen LogP contribution < -0.4 is 4.90 Å². The van der Waals surface area contributed by atoms with Crippen LogP contribution in [-0.2, 0) is 11.0 Å². The first-order chi connectivity index (χ1) is 10.4. The molecule has 0 bridgehead atoms. The summed E-state index contributed by atoms with van der Waals surface area (Å²) in [7, 11) is 0. The van der Waals surface area contributed by atoms with E-state index in [0.717, 1.165) is 18.7 Å². The Kier molecular flexibility index (Phi) is 3.70. The molecule has 5 nitrogen and oxygen atoms in total. The number of nitrogens with zero attached hydrogens (tertiary/aromatic N) is 4. The number of hydrogen-bond acceptors (Lipinski definition) is 4. The smallest absolute Gasteiger partial charge is 0.339 e. The lowest BCUT2D eigenvalue weighted by atomic mass is 10.2. The fourth-order valence-corrected chi connectivity index (χ4v) is 2.69. The molecule has 0 spiro atoms. The summed E-state index contributed by atoms with van der Waals surface area (Å²) in [6, 6.07) is 0.859. The van der Waals surface area contributed by atoms with Crippen molar-refractivity contribution in [1.82, 2.24) is 14.9 Å². The van der Waals surface area contributed by atoms with Gasteiger partial charge in [-0.15, -0.1) is 0 Å². The zero-order valence-electron chi connectivity index (χ0n) is 12.2. The van der Waals surface area contributed by atoms with E-state index in [1.807, 2.05) is 0 Å². The van der Waals surface area contributed by atoms with E-state index in [0.29, 0.717) is 32.1 Å². The summed E-state index contributed by atoms with van der Waals surface area (Å²) >= 11 is 0. The minimum atomic E-state index is -4.47. The van der Waals surface area contributed by atoms with Crippen LogP contribution in [0.25, 0.3) is 0 Å². The number of piperazine rings is 1. The van der Waals surface area contributed by atoms with Gasteiger partial charge in [-0.2, -0.15) is 13.2 Å². The molecule has 0 N–H and O–H groups in total. The van der Waals surface area contributed by atoms with E-state index in [1.54, 1.807) is 9.80 Å². The van der Waals surface area contributed by atoms with E-state index >= 15 is 0 Å². The molecule has 1 aromatic heterocycles. The number of carbonyl (C=O) groups excluding carboxylic acids is 1. The van der Waals surface area contributed by atoms with Crippen LogP contribution in [0.5, 0.6) is 0 Å². The van der Waals surface area contributed by atoms with Crippen molar-refractivity contribution in [1.29, 1.82) is 0 Å². The second-order valence-corrected chi connectivity index (χ2v) is 5.87. The Labute approximate surface area is 126 Å². The second-order valence-electron chi connectivity index (χ2n) is 5.87. The molecule has 1 amide bonds. The molecule has 2 heterocycles. The monoisotopic (exact) mass is 314 g/mol. The Morgan fingerprint density at radius 2 is 1.91 bits per heavy atom. The number of halogens is 3. The molecular weight excluding hydrogens is 297 g/mol. The Bertz CT molecular complexity index is 569. The van der Waals surface area contributed by atoms with E-state index < -0.39 is 11.9 Å². The highest BCUT2D eigenvalue weighted by Crippen LogP contribution is 2.39. The van der Waals surface area contributed by atoms with Crippen molar-refractivity contribution in [2.45, 2.75) is 19.5 Å². The van der Waals surface area contributed by atoms with E-state index in [1.165, 1.54) is 0 Å². The van der Waals surface area contributed by atoms with Crippen LogP contribution in [0.1, 0.15) is 19.0 Å². The van der Waals surface area contributed by atoms with Gasteiger partial charge in [0.1, 0.15) is 5.69 Å². The summed E-state index contributed by atoms with van der Waals surface area (Å²) in [5, 5.41) is 0. The van der Waals surface area contributed by atoms with Crippen LogP contribution in [0.2, 0.25) is 0 Å². The molecule has 0 radical (unpaired) electrons. The summed E-state index contributed by atoms with van der Waals surface area (Å²) in [5.74, 6) is 0.826. The van der Waals surface area contributed by atoms with Gasteiger partial charge in [0.25, 0.3) is 0 Å². The minimum absolute atomic E-state index is 0.0710. The van der Waals surface area contributed by atoms with Crippen LogP contribution in [0.4, 0.5) is 19.1 Å². The average molecular weight is 314 g/mol. The van der Waals surface area contributed by atoms with Gasteiger partial charge >= 0.3 is 6.18 Å². The van der Waals surface area contributed by atoms with Crippen molar-refractivity contribution in [2.75, 3.05) is 31.1 Å². The van der Waals surface area contributed by atoms with Gasteiger partial charge in [0.2, 0.25) is 11.9 Å². The van der Waals surface area contributed by atoms with Crippen LogP contribution in [0.15, 0.2) is 12.3 Å². The Morgan fingerprint density at radius 3 is 2.45 bits per heavy atom. The Hall–Kier alpha value is -1.86. The third-order valence-corrected chi connectivity index (χ3v) is 4.23. The molecule has 0 unspecified atom stereocenters. The molecule has 3 rings (SSSR count). The normalized spacial score (nSPS) is 25.3. The van der Waals surface area contributed by atoms with E-state index in [-0.39, 0.29) is 17.8 Å². The van der Waals surface area contributed by atoms with Crippen molar-refractivity contribution in [3.05, 3.63) is 18.0 Å². The largest absolute Gasteiger partial charge is 0.433 e. The molecule has 2 aliphatic rings. The molecule has 1 aliphatic heterocycles. The van der Waals surface area contributed by atoms with E-state index in [2.05, 4.69) is 16.9 Å². The summed E-state index contributed by atoms with van der Waals surface area (Å²) in [6.45, 7) is 3.96. The number of anilines is 1. The quantitative estimate of drug-likeness (QED) is 0.835. The fourth-order valence-electron chi connectivity index (χ4n) is 2.69. The molecule has 120 valence electrons. The van der Waals surface area contributed by atoms with Crippen LogP contribution >= 0.6 is 0 Å². The second kappa shape index (κ2) is 5.40. The molecule has 2 fully saturated rings. The third-order valence-electron chi connectivity index (χ3n) is 4.23. The molecule has 2 atom stereocenters. The maximum absolute atomic E-state index is 12.7. The highest BCUT2D eigenvalue weighted by Gasteiger charge is 2.42. The molecule has 1 saturated carbocycles. The standard InChI is InChI=1S/C14H17F3N4O/c1-9-8-10(9)12(22)20-4-6-21(7-5-20)13-18-3-2-11(19-13)14(15,16)17/h2-3,9-10H,4-8H2,1H3/t9-,10+/m1/s1. The van der Waals surface area contributed by atoms with Crippen molar-refractivity contribution in [3.63, 3.8) is 0 Å². The minimum Gasteiger partial charge on any atom is -0.339 e. The Morgan fingerprint density at radius 1 is 1.27 bits per heavy atom. The SMILES string of the molecule is C[C@@H]1C[C@@H]1C(=O)N1CCN(c2nccc(C(F)(F)F)n2)CC1. The summed E-state index contributed by atoms with van der Waals surface area (Å²) < 4.78 is 38.0. The van der Waals surface area contributed by atoms with Gasteiger partial charge in [0.05, 0.1) is 0 Å². The highest BCUT2D eigenvalue weighted by atomic mass is 19.4. The first kappa shape index (κ1) is 15.1. The molecule has 1 aliphatic carbocycles. The van der Waals surface area contributed by atoms with Crippen molar-refractivity contribution < 1.29 is 18.0 Å². The lowest BCUT2D eigenvalue weighted by Crippen LogP contribution is -2.50. The van der Waals surface area contributed by atoms with Gasteiger partial charge in [-0.25, -0.2) is 9.97 Å². The first-order valence-corrected chi connectivity index (χ1v) is 7.30. The van der Waals surface area contributed by atoms with Crippen LogP contribution in [0, 0.1) is 11.8 Å². The van der Waals surface area contributed by atoms with Gasteiger partial charge in [0.15, 0.2) is 0 Å². The molecular formula is C14H17F3N4O. The van der Waals surface area contributed by atoms with E-state index in [9.17, 15) is 18.0 Å². The maximum atomic E-state index is 12.7. The average Bonchev–Trinajstić information content (AvgIpc) is 3.23. The molecule has 22 heavy (non-hydrogen) atoms. The van der Waals surface area contributed by atoms with Crippen LogP contribution in [0.3, 0.4) is 0 Å². The van der Waals surface area contributed by atoms with Gasteiger partial charge in [0, 0.05) is 38.3 Å². The van der Waals surface area contributed by atoms with Crippen LogP contribution in [-0.4, -0.2) is 47.0 Å². The van der Waals surface area contributed by atoms with Gasteiger partial charge < -0.3 is 9.80 Å². The lowest BCUT2D eigenvalue weighted by molar-refractivity contribution is -0.141. The number of alkyl halides is 3. The van der Waals surface area contributed by atoms with Gasteiger partial charge in [-0.05, 0) is 18.4 Å². The zero-order chi connectivity index (χ0) is 15.9. The van der Waals surface area contributed by atoms with Gasteiger partial charge in [-0.3, -0.25) is 4.79 Å². The molecule has 0 aromatic carbocycles. The molecule has 1 saturated heterocycles. The summed E-state index contributed by atoms with van der Waals surface area (Å²) in [6.07, 6.45) is -2.41. The molecule has 8 heteroatoms. The lowest BCUT2D eigenvalue weighted by Gasteiger charge is -2.35. The van der Waals surface area contributed by atoms with Gasteiger partial charge in [-0.1, -0.05) is 6.92 Å². The van der Waals surface area contributed by atoms with E-state index in [4.69, 9.17) is 0 Å². The zero-order valence-corrected chi connectivity index (χ0v) is 12.2. The predicted molar refractivity (Wildman–Crippen MR) is 73.1 cm³/mol. The summed E-state index contributed by atoms with van der Waals surface area (Å²) in [5.41, 5.74) is -0.942. The fraction of sp³-hybridized carbons (Fsp3) is 0.643. The number of hydrogen-bond donors (Lipinski definition) is 0. The number of carbonyl (C=O) groups is 1. The first-order valence-electron chi connectivity index (χ1n) is 7.30. The number of rotatable bonds is 2. The van der Waals surface area contributed by atoms with Crippen molar-refractivity contribution >= 4 is 11.9 Å².